The summed E-state index contributed by atoms with van der Waals surface area (Å²) in [5.41, 5.74) is -1.93. The summed E-state index contributed by atoms with van der Waals surface area (Å²) in [6.07, 6.45) is 0.225. The van der Waals surface area contributed by atoms with Crippen LogP contribution < -0.4 is 5.32 Å². The van der Waals surface area contributed by atoms with Gasteiger partial charge in [-0.05, 0) is 37.1 Å². The monoisotopic (exact) mass is 379 g/mol. The lowest BCUT2D eigenvalue weighted by molar-refractivity contribution is -0.125. The van der Waals surface area contributed by atoms with Crippen molar-refractivity contribution in [2.24, 2.45) is 0 Å². The van der Waals surface area contributed by atoms with E-state index in [0.29, 0.717) is 6.07 Å². The van der Waals surface area contributed by atoms with Crippen molar-refractivity contribution in [1.82, 2.24) is 0 Å². The molecule has 0 atom stereocenters. The minimum Gasteiger partial charge on any atom is -0.478 e. The lowest BCUT2D eigenvalue weighted by Crippen LogP contribution is -2.45. The quantitative estimate of drug-likeness (QED) is 0.853. The van der Waals surface area contributed by atoms with Crippen LogP contribution in [0.2, 0.25) is 0 Å². The number of rotatable bonds is 4. The van der Waals surface area contributed by atoms with Crippen LogP contribution in [0.15, 0.2) is 36.4 Å². The summed E-state index contributed by atoms with van der Waals surface area (Å²) in [5.74, 6) is -4.48. The summed E-state index contributed by atoms with van der Waals surface area (Å²) in [6.45, 7) is 0.337. The molecule has 27 heavy (non-hydrogen) atoms. The standard InChI is InChI=1S/C19H16F3NO4/c20-12-2-3-13(15(22)10-12)19(5-7-27-8-6-19)18(26)23-16-9-11(17(24)25)1-4-14(16)21/h1-4,9-10H,5-8H2,(H,23,26)(H,24,25). The Balaban J connectivity index is 2.00. The molecule has 8 heteroatoms. The number of amides is 1. The zero-order valence-electron chi connectivity index (χ0n) is 14.1. The van der Waals surface area contributed by atoms with Gasteiger partial charge in [-0.3, -0.25) is 4.79 Å². The molecule has 1 heterocycles. The zero-order valence-corrected chi connectivity index (χ0v) is 14.1. The average Bonchev–Trinajstić information content (AvgIpc) is 2.63. The highest BCUT2D eigenvalue weighted by Gasteiger charge is 2.44. The fraction of sp³-hybridized carbons (Fsp3) is 0.263. The molecule has 1 aliphatic rings. The molecule has 0 spiro atoms. The van der Waals surface area contributed by atoms with E-state index in [1.165, 1.54) is 6.07 Å². The minimum atomic E-state index is -1.39. The van der Waals surface area contributed by atoms with Crippen molar-refractivity contribution < 1.29 is 32.6 Å². The van der Waals surface area contributed by atoms with Crippen LogP contribution in [0.1, 0.15) is 28.8 Å². The first-order valence-corrected chi connectivity index (χ1v) is 8.21. The number of halogens is 3. The smallest absolute Gasteiger partial charge is 0.335 e. The van der Waals surface area contributed by atoms with Gasteiger partial charge in [0.15, 0.2) is 0 Å². The number of aromatic carboxylic acids is 1. The van der Waals surface area contributed by atoms with Crippen LogP contribution in [0.4, 0.5) is 18.9 Å². The van der Waals surface area contributed by atoms with E-state index >= 15 is 0 Å². The van der Waals surface area contributed by atoms with Crippen molar-refractivity contribution in [3.63, 3.8) is 0 Å². The molecular weight excluding hydrogens is 363 g/mol. The third-order valence-corrected chi connectivity index (χ3v) is 4.69. The highest BCUT2D eigenvalue weighted by Crippen LogP contribution is 2.38. The third-order valence-electron chi connectivity index (χ3n) is 4.69. The number of carboxylic acid groups (broad SMARTS) is 1. The fourth-order valence-corrected chi connectivity index (χ4v) is 3.21. The zero-order chi connectivity index (χ0) is 19.6. The maximum atomic E-state index is 14.4. The molecule has 3 rings (SSSR count). The maximum Gasteiger partial charge on any atom is 0.335 e. The third kappa shape index (κ3) is 3.66. The largest absolute Gasteiger partial charge is 0.478 e. The molecule has 0 aliphatic carbocycles. The molecule has 2 N–H and O–H groups in total. The number of anilines is 1. The highest BCUT2D eigenvalue weighted by molar-refractivity contribution is 6.00. The predicted octanol–water partition coefficient (Wildman–Crippen LogP) is 3.49. The van der Waals surface area contributed by atoms with E-state index < -0.39 is 34.7 Å². The Morgan fingerprint density at radius 1 is 1.00 bits per heavy atom. The van der Waals surface area contributed by atoms with E-state index in [-0.39, 0.29) is 42.9 Å². The Hall–Kier alpha value is -2.87. The van der Waals surface area contributed by atoms with Gasteiger partial charge in [0, 0.05) is 24.8 Å². The molecule has 0 radical (unpaired) electrons. The number of carbonyl (C=O) groups excluding carboxylic acids is 1. The van der Waals surface area contributed by atoms with Crippen molar-refractivity contribution in [2.45, 2.75) is 18.3 Å². The Morgan fingerprint density at radius 2 is 1.70 bits per heavy atom. The second kappa shape index (κ2) is 7.40. The molecule has 1 saturated heterocycles. The Morgan fingerprint density at radius 3 is 2.33 bits per heavy atom. The Bertz CT molecular complexity index is 895. The van der Waals surface area contributed by atoms with Gasteiger partial charge in [-0.15, -0.1) is 0 Å². The number of hydrogen-bond acceptors (Lipinski definition) is 3. The molecule has 0 unspecified atom stereocenters. The van der Waals surface area contributed by atoms with Gasteiger partial charge in [-0.25, -0.2) is 18.0 Å². The first kappa shape index (κ1) is 18.9. The molecule has 0 bridgehead atoms. The first-order valence-electron chi connectivity index (χ1n) is 8.21. The normalized spacial score (nSPS) is 16.0. The van der Waals surface area contributed by atoms with Crippen molar-refractivity contribution in [2.75, 3.05) is 18.5 Å². The number of carbonyl (C=O) groups is 2. The second-order valence-electron chi connectivity index (χ2n) is 6.27. The van der Waals surface area contributed by atoms with E-state index in [1.54, 1.807) is 0 Å². The number of nitrogens with one attached hydrogen (secondary N) is 1. The summed E-state index contributed by atoms with van der Waals surface area (Å²) in [6, 6.07) is 5.91. The molecule has 0 saturated carbocycles. The lowest BCUT2D eigenvalue weighted by atomic mass is 9.73. The van der Waals surface area contributed by atoms with Gasteiger partial charge in [0.2, 0.25) is 5.91 Å². The van der Waals surface area contributed by atoms with Crippen molar-refractivity contribution in [3.05, 3.63) is 65.0 Å². The number of carboxylic acids is 1. The lowest BCUT2D eigenvalue weighted by Gasteiger charge is -2.36. The van der Waals surface area contributed by atoms with Gasteiger partial charge in [-0.2, -0.15) is 0 Å². The topological polar surface area (TPSA) is 75.6 Å². The molecule has 142 valence electrons. The van der Waals surface area contributed by atoms with Crippen LogP contribution in [0.3, 0.4) is 0 Å². The summed E-state index contributed by atoms with van der Waals surface area (Å²) in [4.78, 5) is 24.1. The highest BCUT2D eigenvalue weighted by atomic mass is 19.1. The second-order valence-corrected chi connectivity index (χ2v) is 6.27. The van der Waals surface area contributed by atoms with E-state index in [2.05, 4.69) is 5.32 Å². The summed E-state index contributed by atoms with van der Waals surface area (Å²) in [7, 11) is 0. The van der Waals surface area contributed by atoms with E-state index in [9.17, 15) is 22.8 Å². The van der Waals surface area contributed by atoms with Gasteiger partial charge in [0.05, 0.1) is 16.7 Å². The summed E-state index contributed by atoms with van der Waals surface area (Å²) < 4.78 is 47.0. The van der Waals surface area contributed by atoms with Gasteiger partial charge >= 0.3 is 5.97 Å². The minimum absolute atomic E-state index is 0.0144. The Kier molecular flexibility index (Phi) is 5.18. The molecule has 5 nitrogen and oxygen atoms in total. The van der Waals surface area contributed by atoms with Crippen LogP contribution in [0, 0.1) is 17.5 Å². The molecule has 1 amide bonds. The van der Waals surface area contributed by atoms with Gasteiger partial charge in [-0.1, -0.05) is 6.07 Å². The van der Waals surface area contributed by atoms with Crippen molar-refractivity contribution in [3.8, 4) is 0 Å². The average molecular weight is 379 g/mol. The number of hydrogen-bond donors (Lipinski definition) is 2. The molecular formula is C19H16F3NO4. The molecule has 2 aromatic rings. The van der Waals surface area contributed by atoms with Crippen molar-refractivity contribution >= 4 is 17.6 Å². The predicted molar refractivity (Wildman–Crippen MR) is 90.1 cm³/mol. The summed E-state index contributed by atoms with van der Waals surface area (Å²) in [5, 5.41) is 11.4. The van der Waals surface area contributed by atoms with Crippen LogP contribution in [-0.4, -0.2) is 30.2 Å². The van der Waals surface area contributed by atoms with Gasteiger partial charge in [0.25, 0.3) is 0 Å². The molecule has 1 fully saturated rings. The van der Waals surface area contributed by atoms with Crippen LogP contribution >= 0.6 is 0 Å². The van der Waals surface area contributed by atoms with Crippen molar-refractivity contribution in [1.29, 1.82) is 0 Å². The fourth-order valence-electron chi connectivity index (χ4n) is 3.21. The number of ether oxygens (including phenoxy) is 1. The van der Waals surface area contributed by atoms with Gasteiger partial charge < -0.3 is 15.2 Å². The van der Waals surface area contributed by atoms with Crippen LogP contribution in [0.25, 0.3) is 0 Å². The maximum absolute atomic E-state index is 14.4. The molecule has 0 aromatic heterocycles. The Labute approximate surface area is 152 Å². The molecule has 2 aromatic carbocycles. The SMILES string of the molecule is O=C(O)c1ccc(F)c(NC(=O)C2(c3ccc(F)cc3F)CCOCC2)c1. The van der Waals surface area contributed by atoms with Crippen LogP contribution in [-0.2, 0) is 14.9 Å². The van der Waals surface area contributed by atoms with E-state index in [1.807, 2.05) is 0 Å². The number of benzene rings is 2. The van der Waals surface area contributed by atoms with Crippen LogP contribution in [0.5, 0.6) is 0 Å². The van der Waals surface area contributed by atoms with E-state index in [0.717, 1.165) is 24.3 Å². The van der Waals surface area contributed by atoms with E-state index in [4.69, 9.17) is 9.84 Å². The van der Waals surface area contributed by atoms with Gasteiger partial charge in [0.1, 0.15) is 17.5 Å². The molecule has 1 aliphatic heterocycles. The summed E-state index contributed by atoms with van der Waals surface area (Å²) >= 11 is 0. The first-order chi connectivity index (χ1) is 12.8.